The number of hydrogen-bond acceptors (Lipinski definition) is 3. The summed E-state index contributed by atoms with van der Waals surface area (Å²) in [5.74, 6) is 0.792. The fourth-order valence-electron chi connectivity index (χ4n) is 2.00. The lowest BCUT2D eigenvalue weighted by atomic mass is 9.92. The summed E-state index contributed by atoms with van der Waals surface area (Å²) >= 11 is 0. The van der Waals surface area contributed by atoms with Crippen molar-refractivity contribution in [3.05, 3.63) is 0 Å². The Morgan fingerprint density at radius 2 is 2.07 bits per heavy atom. The molecule has 0 heterocycles. The molecule has 3 nitrogen and oxygen atoms in total. The van der Waals surface area contributed by atoms with E-state index in [2.05, 4.69) is 19.2 Å². The molecule has 15 heavy (non-hydrogen) atoms. The minimum absolute atomic E-state index is 0.230. The Morgan fingerprint density at radius 1 is 1.40 bits per heavy atom. The summed E-state index contributed by atoms with van der Waals surface area (Å²) in [5, 5.41) is 3.50. The molecular formula is C12H26N2O. The first kappa shape index (κ1) is 12.9. The molecule has 3 N–H and O–H groups in total. The minimum atomic E-state index is 0.230. The van der Waals surface area contributed by atoms with Crippen molar-refractivity contribution in [1.82, 2.24) is 5.32 Å². The van der Waals surface area contributed by atoms with Gasteiger partial charge in [0.2, 0.25) is 0 Å². The van der Waals surface area contributed by atoms with Crippen LogP contribution in [-0.2, 0) is 4.74 Å². The third-order valence-electron chi connectivity index (χ3n) is 3.69. The third kappa shape index (κ3) is 4.09. The lowest BCUT2D eigenvalue weighted by Gasteiger charge is -2.21. The van der Waals surface area contributed by atoms with Crippen LogP contribution in [0.2, 0.25) is 0 Å². The fraction of sp³-hybridized carbons (Fsp3) is 1.00. The summed E-state index contributed by atoms with van der Waals surface area (Å²) in [6.07, 6.45) is 3.70. The second kappa shape index (κ2) is 5.83. The first-order valence-electron chi connectivity index (χ1n) is 6.06. The second-order valence-corrected chi connectivity index (χ2v) is 5.19. The normalized spacial score (nSPS) is 20.6. The van der Waals surface area contributed by atoms with Gasteiger partial charge in [0.25, 0.3) is 0 Å². The Bertz CT molecular complexity index is 178. The van der Waals surface area contributed by atoms with E-state index in [4.69, 9.17) is 10.5 Å². The van der Waals surface area contributed by atoms with Gasteiger partial charge in [-0.05, 0) is 30.6 Å². The first-order chi connectivity index (χ1) is 7.10. The molecule has 1 rings (SSSR count). The average Bonchev–Trinajstić information content (AvgIpc) is 2.96. The Hall–Kier alpha value is -0.120. The van der Waals surface area contributed by atoms with Crippen LogP contribution in [0, 0.1) is 11.3 Å². The van der Waals surface area contributed by atoms with Crippen molar-refractivity contribution in [3.8, 4) is 0 Å². The predicted octanol–water partition coefficient (Wildman–Crippen LogP) is 1.38. The van der Waals surface area contributed by atoms with Crippen molar-refractivity contribution < 1.29 is 4.74 Å². The number of rotatable bonds is 8. The predicted molar refractivity (Wildman–Crippen MR) is 63.8 cm³/mol. The molecule has 1 fully saturated rings. The Kier molecular flexibility index (Phi) is 5.03. The van der Waals surface area contributed by atoms with Gasteiger partial charge in [0.15, 0.2) is 0 Å². The van der Waals surface area contributed by atoms with Crippen LogP contribution in [0.25, 0.3) is 0 Å². The molecule has 0 aliphatic heterocycles. The maximum atomic E-state index is 5.94. The van der Waals surface area contributed by atoms with Gasteiger partial charge in [-0.3, -0.25) is 0 Å². The van der Waals surface area contributed by atoms with Gasteiger partial charge < -0.3 is 15.8 Å². The van der Waals surface area contributed by atoms with Crippen LogP contribution in [0.15, 0.2) is 0 Å². The van der Waals surface area contributed by atoms with Crippen molar-refractivity contribution in [1.29, 1.82) is 0 Å². The van der Waals surface area contributed by atoms with Crippen LogP contribution < -0.4 is 11.1 Å². The third-order valence-corrected chi connectivity index (χ3v) is 3.69. The van der Waals surface area contributed by atoms with Crippen molar-refractivity contribution in [3.63, 3.8) is 0 Å². The maximum absolute atomic E-state index is 5.94. The number of nitrogens with two attached hydrogens (primary N) is 1. The molecule has 0 aromatic heterocycles. The molecule has 1 aliphatic carbocycles. The van der Waals surface area contributed by atoms with Gasteiger partial charge in [-0.25, -0.2) is 0 Å². The van der Waals surface area contributed by atoms with Crippen LogP contribution in [-0.4, -0.2) is 32.8 Å². The Morgan fingerprint density at radius 3 is 2.53 bits per heavy atom. The van der Waals surface area contributed by atoms with Crippen LogP contribution in [0.5, 0.6) is 0 Å². The number of nitrogens with one attached hydrogen (secondary N) is 1. The molecule has 3 heteroatoms. The summed E-state index contributed by atoms with van der Waals surface area (Å²) in [6, 6.07) is 0.230. The molecule has 0 radical (unpaired) electrons. The van der Waals surface area contributed by atoms with Crippen LogP contribution in [0.4, 0.5) is 0 Å². The summed E-state index contributed by atoms with van der Waals surface area (Å²) in [4.78, 5) is 0. The monoisotopic (exact) mass is 214 g/mol. The van der Waals surface area contributed by atoms with Crippen LogP contribution in [0.3, 0.4) is 0 Å². The van der Waals surface area contributed by atoms with E-state index in [-0.39, 0.29) is 6.04 Å². The van der Waals surface area contributed by atoms with Gasteiger partial charge in [-0.1, -0.05) is 13.8 Å². The highest BCUT2D eigenvalue weighted by molar-refractivity contribution is 4.97. The zero-order valence-corrected chi connectivity index (χ0v) is 10.4. The fourth-order valence-corrected chi connectivity index (χ4v) is 2.00. The maximum Gasteiger partial charge on any atom is 0.0477 e. The van der Waals surface area contributed by atoms with Gasteiger partial charge in [-0.15, -0.1) is 0 Å². The molecule has 0 amide bonds. The van der Waals surface area contributed by atoms with Crippen molar-refractivity contribution >= 4 is 0 Å². The summed E-state index contributed by atoms with van der Waals surface area (Å²) < 4.78 is 5.00. The first-order valence-corrected chi connectivity index (χ1v) is 6.06. The number of hydrogen-bond donors (Lipinski definition) is 2. The highest BCUT2D eigenvalue weighted by atomic mass is 16.5. The van der Waals surface area contributed by atoms with Crippen molar-refractivity contribution in [2.24, 2.45) is 17.1 Å². The topological polar surface area (TPSA) is 47.3 Å². The van der Waals surface area contributed by atoms with E-state index in [1.165, 1.54) is 12.8 Å². The number of methoxy groups -OCH3 is 1. The summed E-state index contributed by atoms with van der Waals surface area (Å²) in [5.41, 5.74) is 6.53. The van der Waals surface area contributed by atoms with E-state index in [9.17, 15) is 0 Å². The highest BCUT2D eigenvalue weighted by Gasteiger charge is 2.44. The van der Waals surface area contributed by atoms with Gasteiger partial charge in [-0.2, -0.15) is 0 Å². The zero-order valence-electron chi connectivity index (χ0n) is 10.4. The molecule has 1 atom stereocenters. The average molecular weight is 214 g/mol. The lowest BCUT2D eigenvalue weighted by Crippen LogP contribution is -2.38. The van der Waals surface area contributed by atoms with Gasteiger partial charge >= 0.3 is 0 Å². The molecular weight excluding hydrogens is 188 g/mol. The quantitative estimate of drug-likeness (QED) is 0.641. The Balaban J connectivity index is 2.06. The highest BCUT2D eigenvalue weighted by Crippen LogP contribution is 2.51. The zero-order chi connectivity index (χ0) is 11.3. The van der Waals surface area contributed by atoms with E-state index >= 15 is 0 Å². The smallest absolute Gasteiger partial charge is 0.0477 e. The van der Waals surface area contributed by atoms with Gasteiger partial charge in [0.05, 0.1) is 0 Å². The SMILES string of the molecule is COCCC(N)CNCC1(C(C)C)CC1. The van der Waals surface area contributed by atoms with Crippen LogP contribution in [0.1, 0.15) is 33.1 Å². The van der Waals surface area contributed by atoms with Crippen molar-refractivity contribution in [2.45, 2.75) is 39.2 Å². The van der Waals surface area contributed by atoms with E-state index < -0.39 is 0 Å². The molecule has 0 bridgehead atoms. The van der Waals surface area contributed by atoms with E-state index in [0.29, 0.717) is 5.41 Å². The molecule has 0 aromatic rings. The van der Waals surface area contributed by atoms with Gasteiger partial charge in [0, 0.05) is 32.8 Å². The molecule has 90 valence electrons. The lowest BCUT2D eigenvalue weighted by molar-refractivity contribution is 0.187. The molecule has 0 saturated heterocycles. The van der Waals surface area contributed by atoms with Crippen molar-refractivity contribution in [2.75, 3.05) is 26.8 Å². The molecule has 0 aromatic carbocycles. The van der Waals surface area contributed by atoms with Gasteiger partial charge in [0.1, 0.15) is 0 Å². The summed E-state index contributed by atoms with van der Waals surface area (Å²) in [7, 11) is 1.72. The van der Waals surface area contributed by atoms with E-state index in [1.807, 2.05) is 0 Å². The largest absolute Gasteiger partial charge is 0.385 e. The Labute approximate surface area is 93.8 Å². The van der Waals surface area contributed by atoms with E-state index in [0.717, 1.165) is 32.0 Å². The molecule has 1 unspecified atom stereocenters. The standard InChI is InChI=1S/C12H26N2O/c1-10(2)12(5-6-12)9-14-8-11(13)4-7-15-3/h10-11,14H,4-9,13H2,1-3H3. The van der Waals surface area contributed by atoms with Crippen LogP contribution >= 0.6 is 0 Å². The van der Waals surface area contributed by atoms with E-state index in [1.54, 1.807) is 7.11 Å². The number of ether oxygens (including phenoxy) is 1. The summed E-state index contributed by atoms with van der Waals surface area (Å²) in [6.45, 7) is 7.44. The minimum Gasteiger partial charge on any atom is -0.385 e. The molecule has 1 aliphatic rings. The molecule has 1 saturated carbocycles. The second-order valence-electron chi connectivity index (χ2n) is 5.19. The molecule has 0 spiro atoms.